The molecule has 0 saturated carbocycles. The minimum Gasteiger partial charge on any atom is -0.355 e. The van der Waals surface area contributed by atoms with Gasteiger partial charge in [-0.25, -0.2) is 0 Å². The summed E-state index contributed by atoms with van der Waals surface area (Å²) in [5.41, 5.74) is 1.29. The predicted molar refractivity (Wildman–Crippen MR) is 97.5 cm³/mol. The summed E-state index contributed by atoms with van der Waals surface area (Å²) in [6, 6.07) is 13.2. The molecule has 2 aromatic heterocycles. The molecule has 1 unspecified atom stereocenters. The Bertz CT molecular complexity index is 863. The maximum Gasteiger partial charge on any atom is 0.277 e. The van der Waals surface area contributed by atoms with E-state index in [1.165, 1.54) is 0 Å². The number of benzene rings is 1. The molecule has 1 saturated heterocycles. The zero-order chi connectivity index (χ0) is 16.5. The number of rotatable bonds is 3. The Morgan fingerprint density at radius 3 is 2.96 bits per heavy atom. The lowest BCUT2D eigenvalue weighted by Gasteiger charge is -2.23. The number of carbonyl (C=O) groups is 1. The standard InChI is InChI=1S/C17H13ClN2O2S2/c18-12-5-2-1-4-11(12)17-20(7-9-24-17)16(21)13-10-14(22-19-13)15-6-3-8-23-15/h1-6,8,10,17H,7,9H2. The Kier molecular flexibility index (Phi) is 4.35. The third-order valence-electron chi connectivity index (χ3n) is 3.82. The number of amides is 1. The van der Waals surface area contributed by atoms with E-state index in [9.17, 15) is 4.79 Å². The van der Waals surface area contributed by atoms with Crippen LogP contribution in [0.2, 0.25) is 5.02 Å². The number of hydrogen-bond acceptors (Lipinski definition) is 5. The van der Waals surface area contributed by atoms with Crippen LogP contribution in [0.5, 0.6) is 0 Å². The van der Waals surface area contributed by atoms with Gasteiger partial charge in [0.2, 0.25) is 0 Å². The molecule has 0 radical (unpaired) electrons. The van der Waals surface area contributed by atoms with Gasteiger partial charge in [-0.2, -0.15) is 0 Å². The Morgan fingerprint density at radius 1 is 1.29 bits per heavy atom. The van der Waals surface area contributed by atoms with Gasteiger partial charge in [-0.3, -0.25) is 4.79 Å². The van der Waals surface area contributed by atoms with Crippen molar-refractivity contribution < 1.29 is 9.32 Å². The largest absolute Gasteiger partial charge is 0.355 e. The smallest absolute Gasteiger partial charge is 0.277 e. The van der Waals surface area contributed by atoms with Crippen LogP contribution in [0.1, 0.15) is 21.4 Å². The molecule has 3 heterocycles. The quantitative estimate of drug-likeness (QED) is 0.649. The molecule has 24 heavy (non-hydrogen) atoms. The molecular formula is C17H13ClN2O2S2. The van der Waals surface area contributed by atoms with Crippen LogP contribution in [0.3, 0.4) is 0 Å². The van der Waals surface area contributed by atoms with Gasteiger partial charge in [0.15, 0.2) is 11.5 Å². The topological polar surface area (TPSA) is 46.3 Å². The number of aromatic nitrogens is 1. The van der Waals surface area contributed by atoms with E-state index in [-0.39, 0.29) is 11.3 Å². The first-order valence-corrected chi connectivity index (χ1v) is 9.72. The summed E-state index contributed by atoms with van der Waals surface area (Å²) in [6.07, 6.45) is 0. The van der Waals surface area contributed by atoms with Gasteiger partial charge in [-0.1, -0.05) is 41.0 Å². The molecule has 1 atom stereocenters. The van der Waals surface area contributed by atoms with E-state index >= 15 is 0 Å². The summed E-state index contributed by atoms with van der Waals surface area (Å²) in [5.74, 6) is 1.36. The first-order chi connectivity index (χ1) is 11.7. The monoisotopic (exact) mass is 376 g/mol. The number of nitrogens with zero attached hydrogens (tertiary/aromatic N) is 2. The predicted octanol–water partition coefficient (Wildman–Crippen LogP) is 4.94. The third-order valence-corrected chi connectivity index (χ3v) is 6.29. The van der Waals surface area contributed by atoms with Gasteiger partial charge < -0.3 is 9.42 Å². The van der Waals surface area contributed by atoms with Crippen molar-refractivity contribution in [3.8, 4) is 10.6 Å². The average molecular weight is 377 g/mol. The number of hydrogen-bond donors (Lipinski definition) is 0. The molecule has 7 heteroatoms. The highest BCUT2D eigenvalue weighted by molar-refractivity contribution is 7.99. The second-order valence-corrected chi connectivity index (χ2v) is 7.84. The SMILES string of the molecule is O=C(c1cc(-c2cccs2)on1)N1CCSC1c1ccccc1Cl. The molecule has 0 bridgehead atoms. The highest BCUT2D eigenvalue weighted by Crippen LogP contribution is 2.41. The second-order valence-electron chi connectivity index (χ2n) is 5.30. The van der Waals surface area contributed by atoms with Crippen LogP contribution >= 0.6 is 34.7 Å². The van der Waals surface area contributed by atoms with E-state index in [0.717, 1.165) is 16.2 Å². The Labute approximate surface area is 152 Å². The first kappa shape index (κ1) is 15.7. The lowest BCUT2D eigenvalue weighted by atomic mass is 10.2. The minimum atomic E-state index is -0.128. The van der Waals surface area contributed by atoms with Gasteiger partial charge in [-0.15, -0.1) is 23.1 Å². The van der Waals surface area contributed by atoms with Crippen LogP contribution in [-0.4, -0.2) is 28.3 Å². The van der Waals surface area contributed by atoms with Crippen molar-refractivity contribution in [2.45, 2.75) is 5.37 Å². The minimum absolute atomic E-state index is 0.0897. The van der Waals surface area contributed by atoms with Crippen molar-refractivity contribution in [1.82, 2.24) is 10.1 Å². The van der Waals surface area contributed by atoms with Crippen molar-refractivity contribution in [3.05, 3.63) is 64.1 Å². The Hall–Kier alpha value is -1.76. The van der Waals surface area contributed by atoms with Crippen molar-refractivity contribution >= 4 is 40.6 Å². The molecule has 4 rings (SSSR count). The molecule has 3 aromatic rings. The zero-order valence-electron chi connectivity index (χ0n) is 12.5. The van der Waals surface area contributed by atoms with Crippen LogP contribution < -0.4 is 0 Å². The number of carbonyl (C=O) groups excluding carboxylic acids is 1. The highest BCUT2D eigenvalue weighted by Gasteiger charge is 2.33. The summed E-state index contributed by atoms with van der Waals surface area (Å²) in [7, 11) is 0. The number of thioether (sulfide) groups is 1. The van der Waals surface area contributed by atoms with Crippen LogP contribution in [0.15, 0.2) is 52.4 Å². The van der Waals surface area contributed by atoms with Crippen molar-refractivity contribution in [3.63, 3.8) is 0 Å². The lowest BCUT2D eigenvalue weighted by Crippen LogP contribution is -2.30. The lowest BCUT2D eigenvalue weighted by molar-refractivity contribution is 0.0750. The van der Waals surface area contributed by atoms with Crippen LogP contribution in [0, 0.1) is 0 Å². The summed E-state index contributed by atoms with van der Waals surface area (Å²) in [4.78, 5) is 15.6. The van der Waals surface area contributed by atoms with E-state index in [1.54, 1.807) is 29.2 Å². The first-order valence-electron chi connectivity index (χ1n) is 7.41. The van der Waals surface area contributed by atoms with Crippen LogP contribution in [0.25, 0.3) is 10.6 Å². The van der Waals surface area contributed by atoms with Gasteiger partial charge in [0.25, 0.3) is 5.91 Å². The maximum absolute atomic E-state index is 12.9. The van der Waals surface area contributed by atoms with E-state index in [4.69, 9.17) is 16.1 Å². The molecule has 122 valence electrons. The molecule has 1 aliphatic rings. The molecule has 1 fully saturated rings. The fourth-order valence-electron chi connectivity index (χ4n) is 2.67. The molecule has 1 aliphatic heterocycles. The van der Waals surface area contributed by atoms with E-state index in [1.807, 2.05) is 46.7 Å². The van der Waals surface area contributed by atoms with Gasteiger partial charge in [0.05, 0.1) is 4.88 Å². The van der Waals surface area contributed by atoms with E-state index < -0.39 is 0 Å². The molecule has 1 amide bonds. The average Bonchev–Trinajstić information content (AvgIpc) is 3.34. The van der Waals surface area contributed by atoms with Crippen LogP contribution in [0.4, 0.5) is 0 Å². The fraction of sp³-hybridized carbons (Fsp3) is 0.176. The van der Waals surface area contributed by atoms with Crippen molar-refractivity contribution in [1.29, 1.82) is 0 Å². The van der Waals surface area contributed by atoms with E-state index in [2.05, 4.69) is 5.16 Å². The molecular weight excluding hydrogens is 364 g/mol. The fourth-order valence-corrected chi connectivity index (χ4v) is 4.94. The number of halogens is 1. The van der Waals surface area contributed by atoms with Gasteiger partial charge in [0, 0.05) is 29.0 Å². The normalized spacial score (nSPS) is 17.4. The summed E-state index contributed by atoms with van der Waals surface area (Å²) in [5, 5.41) is 6.51. The van der Waals surface area contributed by atoms with Gasteiger partial charge in [0.1, 0.15) is 5.37 Å². The highest BCUT2D eigenvalue weighted by atomic mass is 35.5. The molecule has 1 aromatic carbocycles. The zero-order valence-corrected chi connectivity index (χ0v) is 14.9. The molecule has 4 nitrogen and oxygen atoms in total. The number of thiophene rings is 1. The van der Waals surface area contributed by atoms with Gasteiger partial charge >= 0.3 is 0 Å². The van der Waals surface area contributed by atoms with Gasteiger partial charge in [-0.05, 0) is 17.5 Å². The summed E-state index contributed by atoms with van der Waals surface area (Å²) >= 11 is 9.57. The van der Waals surface area contributed by atoms with Crippen molar-refractivity contribution in [2.75, 3.05) is 12.3 Å². The van der Waals surface area contributed by atoms with E-state index in [0.29, 0.717) is 23.0 Å². The Morgan fingerprint density at radius 2 is 2.17 bits per heavy atom. The summed E-state index contributed by atoms with van der Waals surface area (Å²) in [6.45, 7) is 0.667. The van der Waals surface area contributed by atoms with Crippen molar-refractivity contribution in [2.24, 2.45) is 0 Å². The molecule has 0 spiro atoms. The second kappa shape index (κ2) is 6.63. The third kappa shape index (κ3) is 2.85. The maximum atomic E-state index is 12.9. The molecule has 0 aliphatic carbocycles. The molecule has 0 N–H and O–H groups in total. The van der Waals surface area contributed by atoms with Crippen LogP contribution in [-0.2, 0) is 0 Å². The summed E-state index contributed by atoms with van der Waals surface area (Å²) < 4.78 is 5.33. The Balaban J connectivity index is 1.61.